The van der Waals surface area contributed by atoms with Crippen LogP contribution in [0.25, 0.3) is 0 Å². The quantitative estimate of drug-likeness (QED) is 0.305. The van der Waals surface area contributed by atoms with Crippen molar-refractivity contribution in [2.45, 2.75) is 13.5 Å². The van der Waals surface area contributed by atoms with Gasteiger partial charge in [0.05, 0.1) is 12.3 Å². The lowest BCUT2D eigenvalue weighted by molar-refractivity contribution is 0.0954. The standard InChI is InChI=1S/C27H24N4O2/c1-20(29-30-27(33)21-15-17-28-18-16-21)25-14-8-9-22(26(25)32)19-31(23-10-4-2-5-11-23)24-12-6-3-7-13-24/h2-18,32H,19H2,1H3,(H,30,33)/b29-20+. The second-order valence-corrected chi connectivity index (χ2v) is 7.44. The molecule has 0 aliphatic rings. The number of aromatic nitrogens is 1. The van der Waals surface area contributed by atoms with Gasteiger partial charge in [0.15, 0.2) is 0 Å². The highest BCUT2D eigenvalue weighted by atomic mass is 16.3. The van der Waals surface area contributed by atoms with Gasteiger partial charge < -0.3 is 10.0 Å². The first-order valence-electron chi connectivity index (χ1n) is 10.6. The fraction of sp³-hybridized carbons (Fsp3) is 0.0741. The fourth-order valence-electron chi connectivity index (χ4n) is 3.49. The number of phenols is 1. The number of para-hydroxylation sites is 3. The zero-order chi connectivity index (χ0) is 23.0. The second-order valence-electron chi connectivity index (χ2n) is 7.44. The van der Waals surface area contributed by atoms with Gasteiger partial charge >= 0.3 is 0 Å². The third-order valence-corrected chi connectivity index (χ3v) is 5.24. The van der Waals surface area contributed by atoms with Crippen molar-refractivity contribution in [2.24, 2.45) is 5.10 Å². The predicted molar refractivity (Wildman–Crippen MR) is 131 cm³/mol. The number of nitrogens with zero attached hydrogens (tertiary/aromatic N) is 3. The number of phenolic OH excluding ortho intramolecular Hbond substituents is 1. The van der Waals surface area contributed by atoms with E-state index in [9.17, 15) is 9.90 Å². The molecule has 0 saturated heterocycles. The van der Waals surface area contributed by atoms with Gasteiger partial charge in [0, 0.05) is 40.5 Å². The molecule has 6 heteroatoms. The molecule has 0 unspecified atom stereocenters. The van der Waals surface area contributed by atoms with Crippen LogP contribution in [0, 0.1) is 0 Å². The Labute approximate surface area is 192 Å². The number of hydrazone groups is 1. The van der Waals surface area contributed by atoms with Gasteiger partial charge in [0.1, 0.15) is 5.75 Å². The van der Waals surface area contributed by atoms with E-state index in [-0.39, 0.29) is 11.7 Å². The Morgan fingerprint density at radius 1 is 0.879 bits per heavy atom. The Morgan fingerprint density at radius 3 is 2.09 bits per heavy atom. The van der Waals surface area contributed by atoms with Crippen molar-refractivity contribution in [1.29, 1.82) is 0 Å². The maximum Gasteiger partial charge on any atom is 0.271 e. The molecular weight excluding hydrogens is 412 g/mol. The van der Waals surface area contributed by atoms with E-state index < -0.39 is 0 Å². The van der Waals surface area contributed by atoms with E-state index in [0.29, 0.717) is 23.4 Å². The molecule has 0 aliphatic carbocycles. The van der Waals surface area contributed by atoms with E-state index >= 15 is 0 Å². The maximum atomic E-state index is 12.3. The van der Waals surface area contributed by atoms with Crippen LogP contribution < -0.4 is 10.3 Å². The van der Waals surface area contributed by atoms with Crippen LogP contribution in [0.2, 0.25) is 0 Å². The number of amides is 1. The topological polar surface area (TPSA) is 77.8 Å². The number of rotatable bonds is 7. The minimum atomic E-state index is -0.341. The highest BCUT2D eigenvalue weighted by Gasteiger charge is 2.15. The van der Waals surface area contributed by atoms with Crippen molar-refractivity contribution in [3.05, 3.63) is 120 Å². The second kappa shape index (κ2) is 10.2. The average molecular weight is 437 g/mol. The minimum Gasteiger partial charge on any atom is -0.507 e. The van der Waals surface area contributed by atoms with Gasteiger partial charge in [0.25, 0.3) is 5.91 Å². The van der Waals surface area contributed by atoms with Gasteiger partial charge in [-0.1, -0.05) is 48.5 Å². The summed E-state index contributed by atoms with van der Waals surface area (Å²) in [5.74, 6) is -0.208. The molecule has 3 aromatic carbocycles. The number of carbonyl (C=O) groups excluding carboxylic acids is 1. The molecule has 0 aliphatic heterocycles. The van der Waals surface area contributed by atoms with Crippen LogP contribution in [-0.2, 0) is 6.54 Å². The van der Waals surface area contributed by atoms with Crippen LogP contribution in [0.1, 0.15) is 28.4 Å². The first-order valence-corrected chi connectivity index (χ1v) is 10.6. The van der Waals surface area contributed by atoms with E-state index in [1.807, 2.05) is 72.8 Å². The molecule has 1 aromatic heterocycles. The van der Waals surface area contributed by atoms with Gasteiger partial charge in [-0.2, -0.15) is 5.10 Å². The van der Waals surface area contributed by atoms with E-state index in [4.69, 9.17) is 0 Å². The molecule has 0 radical (unpaired) electrons. The summed E-state index contributed by atoms with van der Waals surface area (Å²) in [6, 6.07) is 28.8. The lowest BCUT2D eigenvalue weighted by atomic mass is 10.0. The van der Waals surface area contributed by atoms with Gasteiger partial charge in [-0.05, 0) is 49.4 Å². The molecule has 4 rings (SSSR count). The summed E-state index contributed by atoms with van der Waals surface area (Å²) < 4.78 is 0. The summed E-state index contributed by atoms with van der Waals surface area (Å²) in [7, 11) is 0. The third-order valence-electron chi connectivity index (χ3n) is 5.24. The number of carbonyl (C=O) groups is 1. The van der Waals surface area contributed by atoms with Crippen LogP contribution in [0.15, 0.2) is 108 Å². The van der Waals surface area contributed by atoms with Crippen LogP contribution >= 0.6 is 0 Å². The molecule has 0 fully saturated rings. The van der Waals surface area contributed by atoms with Crippen molar-refractivity contribution >= 4 is 23.0 Å². The molecule has 0 atom stereocenters. The molecule has 0 saturated carbocycles. The van der Waals surface area contributed by atoms with Gasteiger partial charge in [-0.25, -0.2) is 5.43 Å². The largest absolute Gasteiger partial charge is 0.507 e. The zero-order valence-corrected chi connectivity index (χ0v) is 18.2. The normalized spacial score (nSPS) is 11.1. The van der Waals surface area contributed by atoms with Crippen molar-refractivity contribution in [3.63, 3.8) is 0 Å². The molecule has 1 amide bonds. The summed E-state index contributed by atoms with van der Waals surface area (Å²) in [6.07, 6.45) is 3.10. The SMILES string of the molecule is C/C(=N\NC(=O)c1ccncc1)c1cccc(CN(c2ccccc2)c2ccccc2)c1O. The maximum absolute atomic E-state index is 12.3. The third kappa shape index (κ3) is 5.25. The summed E-state index contributed by atoms with van der Waals surface area (Å²) in [4.78, 5) is 18.3. The first-order chi connectivity index (χ1) is 16.1. The zero-order valence-electron chi connectivity index (χ0n) is 18.2. The number of hydrogen-bond acceptors (Lipinski definition) is 5. The Kier molecular flexibility index (Phi) is 6.75. The van der Waals surface area contributed by atoms with Crippen LogP contribution in [-0.4, -0.2) is 21.7 Å². The molecular formula is C27H24N4O2. The Bertz CT molecular complexity index is 1200. The van der Waals surface area contributed by atoms with Gasteiger partial charge in [-0.15, -0.1) is 0 Å². The predicted octanol–water partition coefficient (Wildman–Crippen LogP) is 5.28. The van der Waals surface area contributed by atoms with Crippen molar-refractivity contribution in [1.82, 2.24) is 10.4 Å². The molecule has 2 N–H and O–H groups in total. The summed E-state index contributed by atoms with van der Waals surface area (Å²) in [6.45, 7) is 2.21. The van der Waals surface area contributed by atoms with Crippen LogP contribution in [0.5, 0.6) is 5.75 Å². The van der Waals surface area contributed by atoms with Crippen LogP contribution in [0.3, 0.4) is 0 Å². The molecule has 6 nitrogen and oxygen atoms in total. The Morgan fingerprint density at radius 2 is 1.48 bits per heavy atom. The molecule has 0 spiro atoms. The lowest BCUT2D eigenvalue weighted by Crippen LogP contribution is -2.19. The molecule has 0 bridgehead atoms. The first kappa shape index (κ1) is 21.8. The van der Waals surface area contributed by atoms with E-state index in [1.54, 1.807) is 37.5 Å². The summed E-state index contributed by atoms with van der Waals surface area (Å²) >= 11 is 0. The Balaban J connectivity index is 1.60. The number of pyridine rings is 1. The highest BCUT2D eigenvalue weighted by Crippen LogP contribution is 2.31. The average Bonchev–Trinajstić information content (AvgIpc) is 2.88. The number of anilines is 2. The number of aromatic hydroxyl groups is 1. The number of hydrogen-bond donors (Lipinski definition) is 2. The summed E-state index contributed by atoms with van der Waals surface area (Å²) in [5, 5.41) is 15.2. The summed E-state index contributed by atoms with van der Waals surface area (Å²) in [5.41, 5.74) is 6.84. The smallest absolute Gasteiger partial charge is 0.271 e. The monoisotopic (exact) mass is 436 g/mol. The lowest BCUT2D eigenvalue weighted by Gasteiger charge is -2.26. The molecule has 33 heavy (non-hydrogen) atoms. The fourth-order valence-corrected chi connectivity index (χ4v) is 3.49. The number of nitrogens with one attached hydrogen (secondary N) is 1. The van der Waals surface area contributed by atoms with E-state index in [1.165, 1.54) is 0 Å². The Hall–Kier alpha value is -4.45. The van der Waals surface area contributed by atoms with Crippen LogP contribution in [0.4, 0.5) is 11.4 Å². The number of benzene rings is 3. The van der Waals surface area contributed by atoms with Crippen molar-refractivity contribution < 1.29 is 9.90 Å². The van der Waals surface area contributed by atoms with Crippen molar-refractivity contribution in [2.75, 3.05) is 4.90 Å². The van der Waals surface area contributed by atoms with Crippen molar-refractivity contribution in [3.8, 4) is 5.75 Å². The van der Waals surface area contributed by atoms with E-state index in [0.717, 1.165) is 16.9 Å². The molecule has 4 aromatic rings. The van der Waals surface area contributed by atoms with Gasteiger partial charge in [-0.3, -0.25) is 9.78 Å². The highest BCUT2D eigenvalue weighted by molar-refractivity contribution is 6.02. The molecule has 164 valence electrons. The molecule has 1 heterocycles. The van der Waals surface area contributed by atoms with Gasteiger partial charge in [0.2, 0.25) is 0 Å². The minimum absolute atomic E-state index is 0.133. The van der Waals surface area contributed by atoms with E-state index in [2.05, 4.69) is 20.4 Å².